The van der Waals surface area contributed by atoms with Crippen LogP contribution in [0.2, 0.25) is 0 Å². The van der Waals surface area contributed by atoms with Gasteiger partial charge in [0.1, 0.15) is 0 Å². The lowest BCUT2D eigenvalue weighted by atomic mass is 9.89. The van der Waals surface area contributed by atoms with Crippen LogP contribution >= 0.6 is 0 Å². The molecule has 0 radical (unpaired) electrons. The number of aromatic nitrogens is 3. The summed E-state index contributed by atoms with van der Waals surface area (Å²) in [7, 11) is 0. The van der Waals surface area contributed by atoms with Crippen LogP contribution in [-0.4, -0.2) is 14.1 Å². The maximum atomic E-state index is 4.97. The Labute approximate surface area is 328 Å². The van der Waals surface area contributed by atoms with E-state index in [4.69, 9.17) is 4.98 Å². The highest BCUT2D eigenvalue weighted by Crippen LogP contribution is 2.42. The Morgan fingerprint density at radius 1 is 0.375 bits per heavy atom. The van der Waals surface area contributed by atoms with Crippen molar-refractivity contribution >= 4 is 43.6 Å². The van der Waals surface area contributed by atoms with Gasteiger partial charge >= 0.3 is 0 Å². The number of para-hydroxylation sites is 4. The molecule has 0 fully saturated rings. The minimum atomic E-state index is 0.289. The summed E-state index contributed by atoms with van der Waals surface area (Å²) in [5.41, 5.74) is 16.9. The van der Waals surface area contributed by atoms with Gasteiger partial charge in [-0.25, -0.2) is 0 Å². The fourth-order valence-electron chi connectivity index (χ4n) is 9.18. The number of benzene rings is 7. The molecule has 0 unspecified atom stereocenters. The van der Waals surface area contributed by atoms with Crippen molar-refractivity contribution in [3.63, 3.8) is 0 Å². The van der Waals surface area contributed by atoms with E-state index in [1.54, 1.807) is 0 Å². The van der Waals surface area contributed by atoms with Gasteiger partial charge in [0.15, 0.2) is 0 Å². The zero-order chi connectivity index (χ0) is 37.9. The summed E-state index contributed by atoms with van der Waals surface area (Å²) in [6.45, 7) is 9.23. The SMILES string of the molecule is CC(C)c1c(-c2cccc(-c3cc(-c4cccc(-n5c6ccccc6c6ccccc65)c4C(C)C)ccn3)c2)cccc1-n1c2ccccc2c2ccccc21. The van der Waals surface area contributed by atoms with Crippen LogP contribution in [0.5, 0.6) is 0 Å². The van der Waals surface area contributed by atoms with Crippen LogP contribution in [0.4, 0.5) is 0 Å². The predicted molar refractivity (Wildman–Crippen MR) is 237 cm³/mol. The number of nitrogens with zero attached hydrogens (tertiary/aromatic N) is 3. The molecule has 0 aliphatic heterocycles. The van der Waals surface area contributed by atoms with E-state index in [1.807, 2.05) is 6.20 Å². The molecule has 0 saturated carbocycles. The third-order valence-electron chi connectivity index (χ3n) is 11.5. The van der Waals surface area contributed by atoms with Gasteiger partial charge in [0.25, 0.3) is 0 Å². The standard InChI is InChI=1S/C53H43N3/c1-34(2)52-39(22-14-28-50(52)55-46-24-9-5-18-41(46)42-19-6-10-25-47(42)55)36-16-13-17-38(32-36)45-33-37(30-31-54-45)40-23-15-29-51(53(40)35(3)4)56-48-26-11-7-20-43(48)44-21-8-12-27-49(44)56/h5-35H,1-4H3. The lowest BCUT2D eigenvalue weighted by Crippen LogP contribution is -2.04. The van der Waals surface area contributed by atoms with Crippen LogP contribution in [0.3, 0.4) is 0 Å². The number of rotatable bonds is 7. The molecule has 0 N–H and O–H groups in total. The number of hydrogen-bond acceptors (Lipinski definition) is 1. The summed E-state index contributed by atoms with van der Waals surface area (Å²) < 4.78 is 4.91. The monoisotopic (exact) mass is 721 g/mol. The van der Waals surface area contributed by atoms with Crippen molar-refractivity contribution in [2.24, 2.45) is 0 Å². The van der Waals surface area contributed by atoms with Crippen LogP contribution in [0, 0.1) is 0 Å². The van der Waals surface area contributed by atoms with Crippen molar-refractivity contribution in [3.8, 4) is 44.9 Å². The summed E-state index contributed by atoms with van der Waals surface area (Å²) >= 11 is 0. The molecule has 0 aliphatic carbocycles. The summed E-state index contributed by atoms with van der Waals surface area (Å²) in [5.74, 6) is 0.583. The third-order valence-corrected chi connectivity index (χ3v) is 11.5. The highest BCUT2D eigenvalue weighted by atomic mass is 15.0. The molecule has 56 heavy (non-hydrogen) atoms. The van der Waals surface area contributed by atoms with E-state index in [0.29, 0.717) is 5.92 Å². The second-order valence-corrected chi connectivity index (χ2v) is 15.5. The molecule has 10 rings (SSSR count). The third kappa shape index (κ3) is 5.38. The minimum absolute atomic E-state index is 0.289. The molecule has 0 amide bonds. The number of hydrogen-bond donors (Lipinski definition) is 0. The second kappa shape index (κ2) is 13.5. The van der Waals surface area contributed by atoms with Gasteiger partial charge in [0.05, 0.1) is 39.1 Å². The highest BCUT2D eigenvalue weighted by Gasteiger charge is 2.21. The van der Waals surface area contributed by atoms with Crippen LogP contribution in [0.25, 0.3) is 88.5 Å². The molecule has 0 atom stereocenters. The predicted octanol–water partition coefficient (Wildman–Crippen LogP) is 14.5. The fourth-order valence-corrected chi connectivity index (χ4v) is 9.18. The van der Waals surface area contributed by atoms with Crippen LogP contribution in [-0.2, 0) is 0 Å². The summed E-state index contributed by atoms with van der Waals surface area (Å²) in [6.07, 6.45) is 1.97. The number of pyridine rings is 1. The molecular weight excluding hydrogens is 679 g/mol. The van der Waals surface area contributed by atoms with Gasteiger partial charge in [-0.05, 0) is 99.8 Å². The quantitative estimate of drug-likeness (QED) is 0.161. The largest absolute Gasteiger partial charge is 0.309 e. The fraction of sp³-hybridized carbons (Fsp3) is 0.113. The molecule has 0 bridgehead atoms. The average Bonchev–Trinajstić information content (AvgIpc) is 3.76. The molecular formula is C53H43N3. The molecule has 0 spiro atoms. The van der Waals surface area contributed by atoms with Crippen LogP contribution in [0.1, 0.15) is 50.7 Å². The Morgan fingerprint density at radius 3 is 1.21 bits per heavy atom. The lowest BCUT2D eigenvalue weighted by molar-refractivity contribution is 0.856. The van der Waals surface area contributed by atoms with E-state index < -0.39 is 0 Å². The van der Waals surface area contributed by atoms with Crippen molar-refractivity contribution in [1.29, 1.82) is 0 Å². The van der Waals surface area contributed by atoms with Gasteiger partial charge in [-0.3, -0.25) is 4.98 Å². The van der Waals surface area contributed by atoms with Crippen LogP contribution in [0.15, 0.2) is 176 Å². The summed E-state index contributed by atoms with van der Waals surface area (Å²) in [5, 5.41) is 5.10. The average molecular weight is 722 g/mol. The Kier molecular flexibility index (Phi) is 8.18. The molecule has 7 aromatic carbocycles. The first-order chi connectivity index (χ1) is 27.5. The highest BCUT2D eigenvalue weighted by molar-refractivity contribution is 6.10. The smallest absolute Gasteiger partial charge is 0.0708 e. The Bertz CT molecular complexity index is 2780. The first-order valence-electron chi connectivity index (χ1n) is 19.8. The Hall–Kier alpha value is -6.71. The molecule has 3 heterocycles. The maximum Gasteiger partial charge on any atom is 0.0708 e. The summed E-state index contributed by atoms with van der Waals surface area (Å²) in [6, 6.07) is 62.0. The normalized spacial score (nSPS) is 11.9. The Morgan fingerprint density at radius 2 is 0.768 bits per heavy atom. The van der Waals surface area contributed by atoms with Crippen molar-refractivity contribution in [1.82, 2.24) is 14.1 Å². The van der Waals surface area contributed by atoms with Gasteiger partial charge < -0.3 is 9.13 Å². The molecule has 10 aromatic rings. The van der Waals surface area contributed by atoms with Gasteiger partial charge in [-0.2, -0.15) is 0 Å². The van der Waals surface area contributed by atoms with Gasteiger partial charge in [0, 0.05) is 33.3 Å². The van der Waals surface area contributed by atoms with Gasteiger partial charge in [-0.1, -0.05) is 143 Å². The molecule has 3 nitrogen and oxygen atoms in total. The topological polar surface area (TPSA) is 22.8 Å². The number of fused-ring (bicyclic) bond motifs is 6. The van der Waals surface area contributed by atoms with E-state index in [1.165, 1.54) is 88.4 Å². The zero-order valence-electron chi connectivity index (χ0n) is 32.2. The van der Waals surface area contributed by atoms with Crippen molar-refractivity contribution in [3.05, 3.63) is 187 Å². The van der Waals surface area contributed by atoms with E-state index >= 15 is 0 Å². The van der Waals surface area contributed by atoms with Gasteiger partial charge in [0.2, 0.25) is 0 Å². The van der Waals surface area contributed by atoms with Gasteiger partial charge in [-0.15, -0.1) is 0 Å². The van der Waals surface area contributed by atoms with Crippen LogP contribution < -0.4 is 0 Å². The first kappa shape index (κ1) is 33.8. The second-order valence-electron chi connectivity index (χ2n) is 15.5. The minimum Gasteiger partial charge on any atom is -0.309 e. The van der Waals surface area contributed by atoms with E-state index in [-0.39, 0.29) is 5.92 Å². The van der Waals surface area contributed by atoms with Crippen molar-refractivity contribution in [2.45, 2.75) is 39.5 Å². The first-order valence-corrected chi connectivity index (χ1v) is 19.8. The van der Waals surface area contributed by atoms with E-state index in [2.05, 4.69) is 207 Å². The summed E-state index contributed by atoms with van der Waals surface area (Å²) in [4.78, 5) is 4.97. The lowest BCUT2D eigenvalue weighted by Gasteiger charge is -2.21. The van der Waals surface area contributed by atoms with E-state index in [0.717, 1.165) is 11.3 Å². The maximum absolute atomic E-state index is 4.97. The Balaban J connectivity index is 1.10. The molecule has 0 aliphatic rings. The molecule has 3 heteroatoms. The van der Waals surface area contributed by atoms with Crippen molar-refractivity contribution < 1.29 is 0 Å². The zero-order valence-corrected chi connectivity index (χ0v) is 32.2. The molecule has 3 aromatic heterocycles. The molecule has 270 valence electrons. The van der Waals surface area contributed by atoms with E-state index in [9.17, 15) is 0 Å². The van der Waals surface area contributed by atoms with Crippen molar-refractivity contribution in [2.75, 3.05) is 0 Å². The molecule has 0 saturated heterocycles.